The number of methoxy groups -OCH3 is 1. The van der Waals surface area contributed by atoms with Crippen molar-refractivity contribution < 1.29 is 13.2 Å². The monoisotopic (exact) mass is 313 g/mol. The summed E-state index contributed by atoms with van der Waals surface area (Å²) >= 11 is 1.87. The highest BCUT2D eigenvalue weighted by atomic mass is 32.2. The van der Waals surface area contributed by atoms with Crippen molar-refractivity contribution in [3.63, 3.8) is 0 Å². The number of piperidine rings is 1. The summed E-state index contributed by atoms with van der Waals surface area (Å²) in [6.45, 7) is 0.649. The van der Waals surface area contributed by atoms with Gasteiger partial charge in [0.05, 0.1) is 12.0 Å². The van der Waals surface area contributed by atoms with Crippen LogP contribution in [-0.4, -0.2) is 43.4 Å². The molecule has 0 radical (unpaired) electrons. The Bertz CT molecular complexity index is 567. The summed E-state index contributed by atoms with van der Waals surface area (Å²) in [4.78, 5) is 0.371. The number of rotatable bonds is 4. The molecule has 110 valence electrons. The molecule has 0 bridgehead atoms. The molecule has 2 saturated heterocycles. The molecule has 3 rings (SSSR count). The minimum atomic E-state index is -3.38. The zero-order valence-corrected chi connectivity index (χ0v) is 13.1. The van der Waals surface area contributed by atoms with E-state index >= 15 is 0 Å². The van der Waals surface area contributed by atoms with Crippen molar-refractivity contribution in [3.8, 4) is 5.75 Å². The van der Waals surface area contributed by atoms with E-state index in [0.29, 0.717) is 22.4 Å². The second-order valence-electron chi connectivity index (χ2n) is 5.23. The van der Waals surface area contributed by atoms with Gasteiger partial charge in [-0.3, -0.25) is 0 Å². The van der Waals surface area contributed by atoms with Gasteiger partial charge in [0.1, 0.15) is 5.75 Å². The predicted molar refractivity (Wildman–Crippen MR) is 80.8 cm³/mol. The number of hydrogen-bond acceptors (Lipinski definition) is 4. The molecule has 0 aromatic heterocycles. The minimum Gasteiger partial charge on any atom is -0.497 e. The zero-order chi connectivity index (χ0) is 14.2. The molecule has 1 aromatic rings. The van der Waals surface area contributed by atoms with Crippen molar-refractivity contribution in [1.29, 1.82) is 0 Å². The molecular weight excluding hydrogens is 294 g/mol. The van der Waals surface area contributed by atoms with Gasteiger partial charge in [-0.2, -0.15) is 16.1 Å². The van der Waals surface area contributed by atoms with Crippen molar-refractivity contribution >= 4 is 21.8 Å². The highest BCUT2D eigenvalue weighted by Crippen LogP contribution is 2.41. The van der Waals surface area contributed by atoms with E-state index in [1.54, 1.807) is 35.7 Å². The number of benzene rings is 1. The third-order valence-electron chi connectivity index (χ3n) is 3.95. The van der Waals surface area contributed by atoms with Crippen LogP contribution in [-0.2, 0) is 10.0 Å². The average molecular weight is 313 g/mol. The minimum absolute atomic E-state index is 0.181. The first-order valence-corrected chi connectivity index (χ1v) is 9.39. The molecule has 0 aliphatic carbocycles. The van der Waals surface area contributed by atoms with Gasteiger partial charge in [-0.25, -0.2) is 8.42 Å². The van der Waals surface area contributed by atoms with Crippen molar-refractivity contribution in [1.82, 2.24) is 4.31 Å². The third-order valence-corrected chi connectivity index (χ3v) is 6.92. The first-order valence-electron chi connectivity index (χ1n) is 6.90. The molecule has 2 atom stereocenters. The Morgan fingerprint density at radius 2 is 1.95 bits per heavy atom. The lowest BCUT2D eigenvalue weighted by Crippen LogP contribution is -2.46. The fraction of sp³-hybridized carbons (Fsp3) is 0.571. The van der Waals surface area contributed by atoms with Crippen LogP contribution in [0.15, 0.2) is 29.2 Å². The van der Waals surface area contributed by atoms with Crippen LogP contribution in [0.5, 0.6) is 5.75 Å². The van der Waals surface area contributed by atoms with Crippen LogP contribution < -0.4 is 4.74 Å². The second kappa shape index (κ2) is 5.58. The first kappa shape index (κ1) is 14.2. The van der Waals surface area contributed by atoms with Gasteiger partial charge in [0.2, 0.25) is 10.0 Å². The lowest BCUT2D eigenvalue weighted by molar-refractivity contribution is 0.259. The van der Waals surface area contributed by atoms with Crippen LogP contribution in [0.4, 0.5) is 0 Å². The van der Waals surface area contributed by atoms with E-state index in [0.717, 1.165) is 25.0 Å². The zero-order valence-electron chi connectivity index (χ0n) is 11.5. The van der Waals surface area contributed by atoms with Crippen LogP contribution in [0, 0.1) is 0 Å². The van der Waals surface area contributed by atoms with Crippen molar-refractivity contribution in [2.24, 2.45) is 0 Å². The quantitative estimate of drug-likeness (QED) is 0.801. The molecule has 2 heterocycles. The molecule has 0 saturated carbocycles. The maximum Gasteiger partial charge on any atom is 0.243 e. The van der Waals surface area contributed by atoms with Gasteiger partial charge in [0.15, 0.2) is 0 Å². The number of nitrogens with zero attached hydrogens (tertiary/aromatic N) is 1. The second-order valence-corrected chi connectivity index (χ2v) is 8.39. The molecule has 6 heteroatoms. The van der Waals surface area contributed by atoms with Crippen LogP contribution in [0.1, 0.15) is 19.3 Å². The van der Waals surface area contributed by atoms with Crippen LogP contribution in [0.3, 0.4) is 0 Å². The SMILES string of the molecule is COc1ccc(S(=O)(=O)N2CCCCC2C2CS2)cc1. The Hall–Kier alpha value is -0.720. The smallest absolute Gasteiger partial charge is 0.243 e. The van der Waals surface area contributed by atoms with Gasteiger partial charge >= 0.3 is 0 Å². The van der Waals surface area contributed by atoms with E-state index in [9.17, 15) is 8.42 Å². The average Bonchev–Trinajstić information content (AvgIpc) is 3.32. The molecule has 0 N–H and O–H groups in total. The van der Waals surface area contributed by atoms with Gasteiger partial charge in [-0.1, -0.05) is 6.42 Å². The van der Waals surface area contributed by atoms with Crippen LogP contribution in [0.25, 0.3) is 0 Å². The number of ether oxygens (including phenoxy) is 1. The van der Waals surface area contributed by atoms with E-state index in [1.165, 1.54) is 0 Å². The van der Waals surface area contributed by atoms with E-state index in [4.69, 9.17) is 4.74 Å². The van der Waals surface area contributed by atoms with Gasteiger partial charge in [0.25, 0.3) is 0 Å². The molecule has 2 fully saturated rings. The molecule has 2 unspecified atom stereocenters. The first-order chi connectivity index (χ1) is 9.63. The molecule has 1 aromatic carbocycles. The highest BCUT2D eigenvalue weighted by molar-refractivity contribution is 8.07. The van der Waals surface area contributed by atoms with Gasteiger partial charge in [0, 0.05) is 23.6 Å². The lowest BCUT2D eigenvalue weighted by atomic mass is 10.0. The van der Waals surface area contributed by atoms with E-state index in [2.05, 4.69) is 0 Å². The van der Waals surface area contributed by atoms with Gasteiger partial charge in [-0.15, -0.1) is 0 Å². The van der Waals surface area contributed by atoms with Gasteiger partial charge in [-0.05, 0) is 37.1 Å². The summed E-state index contributed by atoms with van der Waals surface area (Å²) in [5.41, 5.74) is 0. The summed E-state index contributed by atoms with van der Waals surface area (Å²) in [6, 6.07) is 6.87. The Balaban J connectivity index is 1.88. The van der Waals surface area contributed by atoms with E-state index in [-0.39, 0.29) is 6.04 Å². The maximum absolute atomic E-state index is 12.8. The van der Waals surface area contributed by atoms with Crippen LogP contribution >= 0.6 is 11.8 Å². The van der Waals surface area contributed by atoms with E-state index < -0.39 is 10.0 Å². The predicted octanol–water partition coefficient (Wildman–Crippen LogP) is 2.35. The number of sulfonamides is 1. The summed E-state index contributed by atoms with van der Waals surface area (Å²) in [7, 11) is -1.80. The Morgan fingerprint density at radius 3 is 2.55 bits per heavy atom. The summed E-state index contributed by atoms with van der Waals surface area (Å²) in [6.07, 6.45) is 3.09. The lowest BCUT2D eigenvalue weighted by Gasteiger charge is -2.34. The number of hydrogen-bond donors (Lipinski definition) is 0. The fourth-order valence-corrected chi connectivity index (χ4v) is 5.41. The van der Waals surface area contributed by atoms with Crippen LogP contribution in [0.2, 0.25) is 0 Å². The molecule has 0 spiro atoms. The Morgan fingerprint density at radius 1 is 1.25 bits per heavy atom. The maximum atomic E-state index is 12.8. The Labute approximate surface area is 124 Å². The van der Waals surface area contributed by atoms with E-state index in [1.807, 2.05) is 11.8 Å². The molecule has 2 aliphatic heterocycles. The summed E-state index contributed by atoms with van der Waals surface area (Å²) < 4.78 is 32.4. The molecule has 2 aliphatic rings. The standard InChI is InChI=1S/C14H19NO3S2/c1-18-11-5-7-12(8-6-11)20(16,17)15-9-3-2-4-13(15)14-10-19-14/h5-8,13-14H,2-4,9-10H2,1H3. The topological polar surface area (TPSA) is 46.6 Å². The number of thioether (sulfide) groups is 1. The van der Waals surface area contributed by atoms with Crippen molar-refractivity contribution in [2.75, 3.05) is 19.4 Å². The largest absolute Gasteiger partial charge is 0.497 e. The van der Waals surface area contributed by atoms with Gasteiger partial charge < -0.3 is 4.74 Å². The normalized spacial score (nSPS) is 27.2. The molecule has 20 heavy (non-hydrogen) atoms. The highest BCUT2D eigenvalue weighted by Gasteiger charge is 2.42. The molecule has 0 amide bonds. The van der Waals surface area contributed by atoms with Crippen molar-refractivity contribution in [2.45, 2.75) is 35.4 Å². The summed E-state index contributed by atoms with van der Waals surface area (Å²) in [5, 5.41) is 0.503. The Kier molecular flexibility index (Phi) is 3.97. The van der Waals surface area contributed by atoms with Crippen molar-refractivity contribution in [3.05, 3.63) is 24.3 Å². The molecule has 4 nitrogen and oxygen atoms in total. The summed E-state index contributed by atoms with van der Waals surface area (Å²) in [5.74, 6) is 1.77. The third kappa shape index (κ3) is 2.69. The fourth-order valence-electron chi connectivity index (χ4n) is 2.76. The molecular formula is C14H19NO3S2.